The van der Waals surface area contributed by atoms with Gasteiger partial charge in [-0.15, -0.1) is 0 Å². The molecule has 0 aliphatic carbocycles. The Morgan fingerprint density at radius 2 is 1.00 bits per heavy atom. The second-order valence-corrected chi connectivity index (χ2v) is 8.00. The Hall–Kier alpha value is -0.610. The number of unbranched alkanes of at least 4 members (excludes halogenated alkanes) is 16. The molecule has 0 rings (SSSR count). The molecule has 0 aliphatic heterocycles. The van der Waals surface area contributed by atoms with Crippen LogP contribution in [0.25, 0.3) is 0 Å². The van der Waals surface area contributed by atoms with Crippen LogP contribution in [0, 0.1) is 0 Å². The normalized spacial score (nSPS) is 11.0. The first-order chi connectivity index (χ1) is 13.3. The highest BCUT2D eigenvalue weighted by Gasteiger charge is 1.99. The van der Waals surface area contributed by atoms with Crippen LogP contribution in [0.2, 0.25) is 0 Å². The maximum Gasteiger partial charge on any atom is 0.324 e. The van der Waals surface area contributed by atoms with Crippen LogP contribution >= 0.6 is 0 Å². The molecule has 0 radical (unpaired) electrons. The number of nitrogens with two attached hydrogens (primary N) is 1. The van der Waals surface area contributed by atoms with Gasteiger partial charge in [-0.1, -0.05) is 103 Å². The van der Waals surface area contributed by atoms with E-state index in [0.29, 0.717) is 6.42 Å². The first-order valence-electron chi connectivity index (χ1n) is 11.9. The lowest BCUT2D eigenvalue weighted by Gasteiger charge is -2.05. The number of rotatable bonds is 22. The minimum Gasteiger partial charge on any atom is -0.373 e. The Labute approximate surface area is 169 Å². The van der Waals surface area contributed by atoms with Crippen molar-refractivity contribution in [3.05, 3.63) is 0 Å². The van der Waals surface area contributed by atoms with E-state index in [0.717, 1.165) is 25.9 Å². The Bertz CT molecular complexity index is 298. The van der Waals surface area contributed by atoms with Crippen LogP contribution in [0.3, 0.4) is 0 Å². The van der Waals surface area contributed by atoms with Gasteiger partial charge < -0.3 is 10.2 Å². The molecule has 0 aromatic rings. The highest BCUT2D eigenvalue weighted by molar-refractivity contribution is 5.68. The summed E-state index contributed by atoms with van der Waals surface area (Å²) in [5, 5.41) is 3.44. The topological polar surface area (TPSA) is 64.3 Å². The molecule has 27 heavy (non-hydrogen) atoms. The van der Waals surface area contributed by atoms with Gasteiger partial charge in [-0.05, 0) is 32.4 Å². The molecule has 0 aromatic carbocycles. The van der Waals surface area contributed by atoms with Gasteiger partial charge in [-0.3, -0.25) is 4.79 Å². The van der Waals surface area contributed by atoms with Gasteiger partial charge in [-0.2, -0.15) is 5.90 Å². The average Bonchev–Trinajstić information content (AvgIpc) is 2.68. The summed E-state index contributed by atoms with van der Waals surface area (Å²) < 4.78 is 0. The number of carbonyl (C=O) groups is 1. The van der Waals surface area contributed by atoms with Crippen LogP contribution < -0.4 is 11.2 Å². The first-order valence-corrected chi connectivity index (χ1v) is 11.9. The van der Waals surface area contributed by atoms with Crippen LogP contribution in [-0.4, -0.2) is 19.1 Å². The van der Waals surface area contributed by atoms with Gasteiger partial charge in [0.15, 0.2) is 0 Å². The van der Waals surface area contributed by atoms with Crippen LogP contribution in [-0.2, 0) is 9.63 Å². The largest absolute Gasteiger partial charge is 0.373 e. The molecule has 0 spiro atoms. The second kappa shape index (κ2) is 23.4. The lowest BCUT2D eigenvalue weighted by atomic mass is 10.0. The predicted octanol–water partition coefficient (Wildman–Crippen LogP) is 6.42. The van der Waals surface area contributed by atoms with Crippen molar-refractivity contribution in [3.8, 4) is 0 Å². The standard InChI is InChI=1S/C23H48N2O2/c1-2-3-4-5-6-7-8-9-10-11-12-13-14-15-16-18-21-25-22-19-17-20-23(26)27-24/h25H,2-22,24H2,1H3. The molecule has 3 N–H and O–H groups in total. The monoisotopic (exact) mass is 384 g/mol. The second-order valence-electron chi connectivity index (χ2n) is 8.00. The molecule has 0 unspecified atom stereocenters. The molecular weight excluding hydrogens is 336 g/mol. The van der Waals surface area contributed by atoms with Gasteiger partial charge in [-0.25, -0.2) is 0 Å². The molecule has 162 valence electrons. The summed E-state index contributed by atoms with van der Waals surface area (Å²) in [5.41, 5.74) is 0. The predicted molar refractivity (Wildman–Crippen MR) is 117 cm³/mol. The third-order valence-electron chi connectivity index (χ3n) is 5.32. The molecule has 4 heteroatoms. The zero-order valence-corrected chi connectivity index (χ0v) is 18.2. The number of nitrogens with one attached hydrogen (secondary N) is 1. The number of hydrogen-bond acceptors (Lipinski definition) is 4. The highest BCUT2D eigenvalue weighted by Crippen LogP contribution is 2.13. The lowest BCUT2D eigenvalue weighted by molar-refractivity contribution is -0.144. The van der Waals surface area contributed by atoms with Gasteiger partial charge in [0.25, 0.3) is 0 Å². The van der Waals surface area contributed by atoms with Crippen molar-refractivity contribution in [2.45, 2.75) is 129 Å². The quantitative estimate of drug-likeness (QED) is 0.167. The van der Waals surface area contributed by atoms with Gasteiger partial charge in [0, 0.05) is 6.42 Å². The molecule has 0 fully saturated rings. The third-order valence-corrected chi connectivity index (χ3v) is 5.32. The SMILES string of the molecule is CCCCCCCCCCCCCCCCCCNCCCCC(=O)ON. The molecule has 0 amide bonds. The summed E-state index contributed by atoms with van der Waals surface area (Å²) in [4.78, 5) is 15.0. The molecule has 4 nitrogen and oxygen atoms in total. The Morgan fingerprint density at radius 1 is 0.630 bits per heavy atom. The molecule has 0 heterocycles. The maximum absolute atomic E-state index is 10.8. The minimum atomic E-state index is -0.312. The van der Waals surface area contributed by atoms with Crippen molar-refractivity contribution in [2.24, 2.45) is 5.90 Å². The van der Waals surface area contributed by atoms with E-state index in [1.54, 1.807) is 0 Å². The van der Waals surface area contributed by atoms with Gasteiger partial charge >= 0.3 is 5.97 Å². The number of hydrogen-bond donors (Lipinski definition) is 2. The van der Waals surface area contributed by atoms with Gasteiger partial charge in [0.2, 0.25) is 0 Å². The van der Waals surface area contributed by atoms with E-state index in [2.05, 4.69) is 17.1 Å². The smallest absolute Gasteiger partial charge is 0.324 e. The zero-order valence-electron chi connectivity index (χ0n) is 18.2. The van der Waals surface area contributed by atoms with E-state index in [1.807, 2.05) is 0 Å². The molecule has 0 saturated carbocycles. The molecule has 0 saturated heterocycles. The van der Waals surface area contributed by atoms with E-state index in [9.17, 15) is 4.79 Å². The van der Waals surface area contributed by atoms with Gasteiger partial charge in [0.1, 0.15) is 0 Å². The Morgan fingerprint density at radius 3 is 1.41 bits per heavy atom. The van der Waals surface area contributed by atoms with Crippen molar-refractivity contribution >= 4 is 5.97 Å². The maximum atomic E-state index is 10.8. The fraction of sp³-hybridized carbons (Fsp3) is 0.957. The van der Waals surface area contributed by atoms with Crippen LogP contribution in [0.1, 0.15) is 129 Å². The summed E-state index contributed by atoms with van der Waals surface area (Å²) in [5.74, 6) is 4.48. The minimum absolute atomic E-state index is 0.312. The molecule has 0 aromatic heterocycles. The van der Waals surface area contributed by atoms with E-state index in [4.69, 9.17) is 5.90 Å². The zero-order chi connectivity index (χ0) is 19.8. The molecule has 0 atom stereocenters. The molecule has 0 bridgehead atoms. The summed E-state index contributed by atoms with van der Waals surface area (Å²) in [6.07, 6.45) is 24.9. The Kier molecular flexibility index (Phi) is 22.9. The van der Waals surface area contributed by atoms with E-state index in [1.165, 1.54) is 103 Å². The van der Waals surface area contributed by atoms with Crippen molar-refractivity contribution < 1.29 is 9.63 Å². The van der Waals surface area contributed by atoms with E-state index < -0.39 is 0 Å². The fourth-order valence-corrected chi connectivity index (χ4v) is 3.50. The van der Waals surface area contributed by atoms with Gasteiger partial charge in [0.05, 0.1) is 0 Å². The van der Waals surface area contributed by atoms with Crippen molar-refractivity contribution in [2.75, 3.05) is 13.1 Å². The van der Waals surface area contributed by atoms with Crippen molar-refractivity contribution in [3.63, 3.8) is 0 Å². The van der Waals surface area contributed by atoms with Crippen LogP contribution in [0.5, 0.6) is 0 Å². The summed E-state index contributed by atoms with van der Waals surface area (Å²) in [6.45, 7) is 4.37. The van der Waals surface area contributed by atoms with Crippen molar-refractivity contribution in [1.29, 1.82) is 0 Å². The highest BCUT2D eigenvalue weighted by atomic mass is 16.7. The summed E-state index contributed by atoms with van der Waals surface area (Å²) >= 11 is 0. The summed E-state index contributed by atoms with van der Waals surface area (Å²) in [6, 6.07) is 0. The molecular formula is C23H48N2O2. The van der Waals surface area contributed by atoms with E-state index >= 15 is 0 Å². The van der Waals surface area contributed by atoms with Crippen LogP contribution in [0.15, 0.2) is 0 Å². The summed E-state index contributed by atoms with van der Waals surface area (Å²) in [7, 11) is 0. The molecule has 0 aliphatic rings. The average molecular weight is 385 g/mol. The van der Waals surface area contributed by atoms with E-state index in [-0.39, 0.29) is 5.97 Å². The number of carbonyl (C=O) groups excluding carboxylic acids is 1. The fourth-order valence-electron chi connectivity index (χ4n) is 3.50. The van der Waals surface area contributed by atoms with Crippen LogP contribution in [0.4, 0.5) is 0 Å². The first kappa shape index (κ1) is 26.4. The van der Waals surface area contributed by atoms with Crippen molar-refractivity contribution in [1.82, 2.24) is 5.32 Å². The lowest BCUT2D eigenvalue weighted by Crippen LogP contribution is -2.17. The Balaban J connectivity index is 3.00. The third kappa shape index (κ3) is 23.4.